The van der Waals surface area contributed by atoms with Gasteiger partial charge < -0.3 is 11.5 Å². The molecule has 0 aliphatic heterocycles. The third-order valence-electron chi connectivity index (χ3n) is 2.78. The quantitative estimate of drug-likeness (QED) is 0.850. The summed E-state index contributed by atoms with van der Waals surface area (Å²) in [4.78, 5) is 0. The molecule has 17 heavy (non-hydrogen) atoms. The molecule has 90 valence electrons. The van der Waals surface area contributed by atoms with Crippen molar-refractivity contribution in [1.82, 2.24) is 9.78 Å². The highest BCUT2D eigenvalue weighted by molar-refractivity contribution is 5.80. The molecule has 1 heterocycles. The van der Waals surface area contributed by atoms with Crippen molar-refractivity contribution in [3.8, 4) is 11.3 Å². The van der Waals surface area contributed by atoms with Gasteiger partial charge in [-0.15, -0.1) is 0 Å². The van der Waals surface area contributed by atoms with Crippen molar-refractivity contribution in [3.05, 3.63) is 29.8 Å². The van der Waals surface area contributed by atoms with E-state index in [4.69, 9.17) is 11.5 Å². The van der Waals surface area contributed by atoms with Crippen molar-refractivity contribution in [2.45, 2.75) is 26.8 Å². The zero-order chi connectivity index (χ0) is 12.4. The smallest absolute Gasteiger partial charge is 0.169 e. The lowest BCUT2D eigenvalue weighted by molar-refractivity contribution is 0.611. The molecule has 0 aliphatic carbocycles. The van der Waals surface area contributed by atoms with E-state index in [0.29, 0.717) is 11.5 Å². The average Bonchev–Trinajstić information content (AvgIpc) is 2.57. The molecule has 0 saturated carbocycles. The van der Waals surface area contributed by atoms with E-state index in [1.165, 1.54) is 5.56 Å². The average molecular weight is 230 g/mol. The number of nitrogens with zero attached hydrogens (tertiary/aromatic N) is 2. The molecule has 0 radical (unpaired) electrons. The van der Waals surface area contributed by atoms with Gasteiger partial charge in [-0.05, 0) is 13.3 Å². The molecule has 0 aliphatic rings. The van der Waals surface area contributed by atoms with Crippen molar-refractivity contribution in [2.75, 3.05) is 11.5 Å². The maximum absolute atomic E-state index is 6.00. The van der Waals surface area contributed by atoms with Gasteiger partial charge >= 0.3 is 0 Å². The molecule has 0 atom stereocenters. The number of nitrogens with two attached hydrogens (primary N) is 2. The van der Waals surface area contributed by atoms with Gasteiger partial charge in [0.15, 0.2) is 5.82 Å². The first-order chi connectivity index (χ1) is 8.13. The second-order valence-corrected chi connectivity index (χ2v) is 4.24. The molecule has 2 aromatic rings. The summed E-state index contributed by atoms with van der Waals surface area (Å²) in [7, 11) is 0. The molecule has 2 rings (SSSR count). The van der Waals surface area contributed by atoms with Crippen LogP contribution in [0.4, 0.5) is 11.5 Å². The van der Waals surface area contributed by atoms with Gasteiger partial charge in [0.2, 0.25) is 0 Å². The van der Waals surface area contributed by atoms with Crippen molar-refractivity contribution < 1.29 is 0 Å². The first-order valence-corrected chi connectivity index (χ1v) is 5.82. The highest BCUT2D eigenvalue weighted by atomic mass is 15.3. The van der Waals surface area contributed by atoms with E-state index in [-0.39, 0.29) is 0 Å². The Morgan fingerprint density at radius 2 is 1.82 bits per heavy atom. The lowest BCUT2D eigenvalue weighted by Crippen LogP contribution is -2.02. The zero-order valence-electron chi connectivity index (χ0n) is 10.3. The van der Waals surface area contributed by atoms with Crippen LogP contribution < -0.4 is 11.5 Å². The van der Waals surface area contributed by atoms with Crippen LogP contribution in [0.2, 0.25) is 0 Å². The van der Waals surface area contributed by atoms with Crippen LogP contribution in [0.1, 0.15) is 18.9 Å². The van der Waals surface area contributed by atoms with Gasteiger partial charge in [-0.2, -0.15) is 5.10 Å². The summed E-state index contributed by atoms with van der Waals surface area (Å²) in [6, 6.07) is 8.23. The highest BCUT2D eigenvalue weighted by Gasteiger charge is 2.14. The van der Waals surface area contributed by atoms with Crippen molar-refractivity contribution in [2.24, 2.45) is 0 Å². The van der Waals surface area contributed by atoms with Crippen LogP contribution in [-0.4, -0.2) is 9.78 Å². The number of hydrogen-bond acceptors (Lipinski definition) is 3. The number of hydrogen-bond donors (Lipinski definition) is 2. The number of anilines is 2. The van der Waals surface area contributed by atoms with Crippen LogP contribution in [-0.2, 0) is 6.54 Å². The first-order valence-electron chi connectivity index (χ1n) is 5.82. The number of aryl methyl sites for hydroxylation is 2. The molecule has 0 unspecified atom stereocenters. The van der Waals surface area contributed by atoms with E-state index >= 15 is 0 Å². The molecular weight excluding hydrogens is 212 g/mol. The van der Waals surface area contributed by atoms with Crippen LogP contribution >= 0.6 is 0 Å². The Morgan fingerprint density at radius 3 is 2.41 bits per heavy atom. The van der Waals surface area contributed by atoms with E-state index in [9.17, 15) is 0 Å². The fraction of sp³-hybridized carbons (Fsp3) is 0.308. The fourth-order valence-corrected chi connectivity index (χ4v) is 1.88. The molecule has 0 amide bonds. The molecule has 0 bridgehead atoms. The van der Waals surface area contributed by atoms with Crippen LogP contribution in [0, 0.1) is 6.92 Å². The van der Waals surface area contributed by atoms with Crippen LogP contribution in [0.5, 0.6) is 0 Å². The summed E-state index contributed by atoms with van der Waals surface area (Å²) >= 11 is 0. The van der Waals surface area contributed by atoms with Crippen molar-refractivity contribution in [1.29, 1.82) is 0 Å². The summed E-state index contributed by atoms with van der Waals surface area (Å²) in [5.41, 5.74) is 15.6. The van der Waals surface area contributed by atoms with Gasteiger partial charge in [-0.3, -0.25) is 4.68 Å². The Labute approximate surface area is 101 Å². The minimum Gasteiger partial charge on any atom is -0.394 e. The number of benzene rings is 1. The second-order valence-electron chi connectivity index (χ2n) is 4.24. The molecular formula is C13H18N4. The van der Waals surface area contributed by atoms with Crippen molar-refractivity contribution in [3.63, 3.8) is 0 Å². The minimum atomic E-state index is 0.411. The van der Waals surface area contributed by atoms with Gasteiger partial charge in [0.1, 0.15) is 5.69 Å². The Morgan fingerprint density at radius 1 is 1.18 bits per heavy atom. The minimum absolute atomic E-state index is 0.411. The zero-order valence-corrected chi connectivity index (χ0v) is 10.3. The predicted molar refractivity (Wildman–Crippen MR) is 71.5 cm³/mol. The Kier molecular flexibility index (Phi) is 3.04. The van der Waals surface area contributed by atoms with E-state index in [2.05, 4.69) is 31.1 Å². The fourth-order valence-electron chi connectivity index (χ4n) is 1.88. The molecule has 4 N–H and O–H groups in total. The Balaban J connectivity index is 2.53. The molecule has 0 spiro atoms. The summed E-state index contributed by atoms with van der Waals surface area (Å²) in [6.45, 7) is 4.99. The monoisotopic (exact) mass is 230 g/mol. The maximum Gasteiger partial charge on any atom is 0.169 e. The molecule has 4 heteroatoms. The van der Waals surface area contributed by atoms with Gasteiger partial charge in [0.25, 0.3) is 0 Å². The van der Waals surface area contributed by atoms with E-state index in [0.717, 1.165) is 24.2 Å². The standard InChI is InChI=1S/C13H18N4/c1-3-8-17-12(11(14)13(15)16-17)10-6-4-9(2)5-7-10/h4-7H,3,8,14H2,1-2H3,(H2,15,16). The summed E-state index contributed by atoms with van der Waals surface area (Å²) in [5.74, 6) is 0.411. The Hall–Kier alpha value is -1.97. The topological polar surface area (TPSA) is 69.9 Å². The van der Waals surface area contributed by atoms with E-state index in [1.54, 1.807) is 0 Å². The number of rotatable bonds is 3. The molecule has 0 saturated heterocycles. The number of nitrogen functional groups attached to an aromatic ring is 2. The van der Waals surface area contributed by atoms with Gasteiger partial charge in [0.05, 0.1) is 5.69 Å². The summed E-state index contributed by atoms with van der Waals surface area (Å²) < 4.78 is 1.88. The molecule has 1 aromatic heterocycles. The summed E-state index contributed by atoms with van der Waals surface area (Å²) in [6.07, 6.45) is 0.999. The third-order valence-corrected chi connectivity index (χ3v) is 2.78. The predicted octanol–water partition coefficient (Wildman–Crippen LogP) is 2.43. The van der Waals surface area contributed by atoms with E-state index < -0.39 is 0 Å². The SMILES string of the molecule is CCCn1nc(N)c(N)c1-c1ccc(C)cc1. The van der Waals surface area contributed by atoms with Crippen LogP contribution in [0.15, 0.2) is 24.3 Å². The first kappa shape index (κ1) is 11.5. The number of aromatic nitrogens is 2. The second kappa shape index (κ2) is 4.49. The maximum atomic E-state index is 6.00. The lowest BCUT2D eigenvalue weighted by atomic mass is 10.1. The molecule has 4 nitrogen and oxygen atoms in total. The summed E-state index contributed by atoms with van der Waals surface area (Å²) in [5, 5.41) is 4.27. The van der Waals surface area contributed by atoms with Crippen molar-refractivity contribution >= 4 is 11.5 Å². The largest absolute Gasteiger partial charge is 0.394 e. The van der Waals surface area contributed by atoms with Crippen LogP contribution in [0.25, 0.3) is 11.3 Å². The molecule has 1 aromatic carbocycles. The highest BCUT2D eigenvalue weighted by Crippen LogP contribution is 2.30. The van der Waals surface area contributed by atoms with Crippen LogP contribution in [0.3, 0.4) is 0 Å². The van der Waals surface area contributed by atoms with E-state index in [1.807, 2.05) is 16.8 Å². The van der Waals surface area contributed by atoms with Gasteiger partial charge in [0, 0.05) is 12.1 Å². The third kappa shape index (κ3) is 2.11. The van der Waals surface area contributed by atoms with Gasteiger partial charge in [-0.1, -0.05) is 36.8 Å². The van der Waals surface area contributed by atoms with Gasteiger partial charge in [-0.25, -0.2) is 0 Å². The molecule has 0 fully saturated rings. The Bertz CT molecular complexity index is 511. The lowest BCUT2D eigenvalue weighted by Gasteiger charge is -2.07. The normalized spacial score (nSPS) is 10.7.